The Morgan fingerprint density at radius 1 is 1.20 bits per heavy atom. The fourth-order valence-electron chi connectivity index (χ4n) is 4.34. The summed E-state index contributed by atoms with van der Waals surface area (Å²) in [6, 6.07) is -1.52. The molecule has 2 rings (SSSR count). The van der Waals surface area contributed by atoms with Crippen molar-refractivity contribution in [3.05, 3.63) is 0 Å². The van der Waals surface area contributed by atoms with Gasteiger partial charge in [0.1, 0.15) is 0 Å². The van der Waals surface area contributed by atoms with E-state index in [1.54, 1.807) is 0 Å². The molecule has 25 heavy (non-hydrogen) atoms. The zero-order chi connectivity index (χ0) is 18.6. The lowest BCUT2D eigenvalue weighted by Gasteiger charge is -2.28. The maximum absolute atomic E-state index is 12.2. The highest BCUT2D eigenvalue weighted by Crippen LogP contribution is 2.49. The zero-order valence-electron chi connectivity index (χ0n) is 15.5. The number of rotatable bonds is 7. The van der Waals surface area contributed by atoms with E-state index in [0.717, 1.165) is 35.7 Å². The molecule has 0 radical (unpaired) electrons. The number of sulfonamides is 1. The van der Waals surface area contributed by atoms with Crippen molar-refractivity contribution in [2.45, 2.75) is 64.8 Å². The van der Waals surface area contributed by atoms with Gasteiger partial charge in [0.05, 0.1) is 6.26 Å². The molecule has 0 saturated heterocycles. The van der Waals surface area contributed by atoms with Crippen LogP contribution in [0, 0.1) is 17.8 Å². The zero-order valence-corrected chi connectivity index (χ0v) is 16.3. The smallest absolute Gasteiger partial charge is 0.335 e. The van der Waals surface area contributed by atoms with Gasteiger partial charge in [-0.1, -0.05) is 26.2 Å². The van der Waals surface area contributed by atoms with Crippen LogP contribution in [-0.4, -0.2) is 43.6 Å². The van der Waals surface area contributed by atoms with E-state index in [0.29, 0.717) is 18.3 Å². The van der Waals surface area contributed by atoms with E-state index in [4.69, 9.17) is 0 Å². The van der Waals surface area contributed by atoms with E-state index in [1.807, 2.05) is 13.8 Å². The monoisotopic (exact) mass is 373 g/mol. The summed E-state index contributed by atoms with van der Waals surface area (Å²) in [7, 11) is -3.70. The van der Waals surface area contributed by atoms with Gasteiger partial charge in [-0.25, -0.2) is 22.3 Å². The molecule has 4 amide bonds. The highest BCUT2D eigenvalue weighted by molar-refractivity contribution is 7.88. The Balaban J connectivity index is 1.85. The molecule has 144 valence electrons. The van der Waals surface area contributed by atoms with E-state index in [-0.39, 0.29) is 12.6 Å². The summed E-state index contributed by atoms with van der Waals surface area (Å²) in [5.41, 5.74) is 0. The van der Waals surface area contributed by atoms with E-state index >= 15 is 0 Å². The molecule has 0 spiro atoms. The second-order valence-electron chi connectivity index (χ2n) is 7.57. The lowest BCUT2D eigenvalue weighted by atomic mass is 9.84. The van der Waals surface area contributed by atoms with Crippen LogP contribution in [0.5, 0.6) is 0 Å². The first-order chi connectivity index (χ1) is 11.7. The van der Waals surface area contributed by atoms with Crippen LogP contribution in [0.4, 0.5) is 9.59 Å². The second kappa shape index (κ2) is 8.38. The number of unbranched alkanes of at least 4 members (excludes halogenated alkanes) is 2. The highest BCUT2D eigenvalue weighted by atomic mass is 32.2. The van der Waals surface area contributed by atoms with Crippen molar-refractivity contribution in [3.63, 3.8) is 0 Å². The lowest BCUT2D eigenvalue weighted by molar-refractivity contribution is 0.207. The molecule has 0 aliphatic heterocycles. The molecule has 2 aliphatic rings. The van der Waals surface area contributed by atoms with E-state index in [2.05, 4.69) is 10.6 Å². The standard InChI is InChI=1S/C17H31N3O4S/c1-4-5-6-9-20(25(3,23)24)17(22)19-16(21)18-12(2)15-11-13-7-8-14(15)10-13/h12-15H,4-11H2,1-3H3,(H2,18,19,21,22)/t12-,13-,14-,15+/m0/s1. The first-order valence-corrected chi connectivity index (χ1v) is 11.2. The van der Waals surface area contributed by atoms with Crippen molar-refractivity contribution in [2.75, 3.05) is 12.8 Å². The number of fused-ring (bicyclic) bond motifs is 2. The molecule has 0 unspecified atom stereocenters. The van der Waals surface area contributed by atoms with Gasteiger partial charge in [0.15, 0.2) is 0 Å². The number of imide groups is 1. The van der Waals surface area contributed by atoms with Crippen LogP contribution in [0.2, 0.25) is 0 Å². The van der Waals surface area contributed by atoms with Crippen molar-refractivity contribution in [2.24, 2.45) is 17.8 Å². The third kappa shape index (κ3) is 5.33. The highest BCUT2D eigenvalue weighted by Gasteiger charge is 2.42. The summed E-state index contributed by atoms with van der Waals surface area (Å²) < 4.78 is 24.3. The molecule has 2 saturated carbocycles. The number of carbonyl (C=O) groups excluding carboxylic acids is 2. The Morgan fingerprint density at radius 3 is 2.44 bits per heavy atom. The molecule has 4 atom stereocenters. The Hall–Kier alpha value is -1.31. The average Bonchev–Trinajstić information content (AvgIpc) is 3.12. The third-order valence-electron chi connectivity index (χ3n) is 5.61. The molecule has 2 fully saturated rings. The molecule has 0 aromatic heterocycles. The first kappa shape index (κ1) is 20.0. The van der Waals surface area contributed by atoms with Crippen LogP contribution in [0.3, 0.4) is 0 Å². The predicted molar refractivity (Wildman–Crippen MR) is 96.5 cm³/mol. The molecule has 0 heterocycles. The van der Waals surface area contributed by atoms with Gasteiger partial charge in [0.2, 0.25) is 10.0 Å². The van der Waals surface area contributed by atoms with Crippen LogP contribution in [0.15, 0.2) is 0 Å². The quantitative estimate of drug-likeness (QED) is 0.671. The Bertz CT molecular complexity index is 593. The molecule has 2 bridgehead atoms. The minimum atomic E-state index is -3.70. The summed E-state index contributed by atoms with van der Waals surface area (Å²) in [5, 5.41) is 4.99. The number of nitrogens with one attached hydrogen (secondary N) is 2. The minimum absolute atomic E-state index is 0.0186. The number of amides is 4. The fourth-order valence-corrected chi connectivity index (χ4v) is 5.15. The Kier molecular flexibility index (Phi) is 6.71. The van der Waals surface area contributed by atoms with Gasteiger partial charge in [-0.2, -0.15) is 0 Å². The topological polar surface area (TPSA) is 95.6 Å². The van der Waals surface area contributed by atoms with E-state index < -0.39 is 22.1 Å². The molecule has 0 aromatic rings. The Morgan fingerprint density at radius 2 is 1.92 bits per heavy atom. The number of carbonyl (C=O) groups is 2. The van der Waals surface area contributed by atoms with Crippen molar-refractivity contribution in [3.8, 4) is 0 Å². The molecule has 8 heteroatoms. The second-order valence-corrected chi connectivity index (χ2v) is 9.48. The molecule has 2 N–H and O–H groups in total. The number of hydrogen-bond donors (Lipinski definition) is 2. The first-order valence-electron chi connectivity index (χ1n) is 9.31. The van der Waals surface area contributed by atoms with Crippen LogP contribution in [0.25, 0.3) is 0 Å². The van der Waals surface area contributed by atoms with E-state index in [1.165, 1.54) is 19.3 Å². The van der Waals surface area contributed by atoms with Crippen molar-refractivity contribution in [1.29, 1.82) is 0 Å². The minimum Gasteiger partial charge on any atom is -0.335 e. The predicted octanol–water partition coefficient (Wildman–Crippen LogP) is 2.68. The van der Waals surface area contributed by atoms with Crippen molar-refractivity contribution in [1.82, 2.24) is 14.9 Å². The SMILES string of the molecule is CCCCCN(C(=O)NC(=O)N[C@@H](C)[C@H]1C[C@H]2CC[C@H]1C2)S(C)(=O)=O. The number of nitrogens with zero attached hydrogens (tertiary/aromatic N) is 1. The summed E-state index contributed by atoms with van der Waals surface area (Å²) in [4.78, 5) is 24.3. The Labute approximate surface area is 151 Å². The maximum Gasteiger partial charge on any atom is 0.339 e. The van der Waals surface area contributed by atoms with E-state index in [9.17, 15) is 18.0 Å². The van der Waals surface area contributed by atoms with Gasteiger partial charge in [0, 0.05) is 12.6 Å². The van der Waals surface area contributed by atoms with Crippen molar-refractivity contribution >= 4 is 22.1 Å². The van der Waals surface area contributed by atoms with Crippen LogP contribution in [-0.2, 0) is 10.0 Å². The summed E-state index contributed by atoms with van der Waals surface area (Å²) >= 11 is 0. The normalized spacial score (nSPS) is 26.3. The largest absolute Gasteiger partial charge is 0.339 e. The number of urea groups is 2. The van der Waals surface area contributed by atoms with Gasteiger partial charge in [0.25, 0.3) is 0 Å². The molecular weight excluding hydrogens is 342 g/mol. The molecular formula is C17H31N3O4S. The van der Waals surface area contributed by atoms with Crippen LogP contribution in [0.1, 0.15) is 58.8 Å². The maximum atomic E-state index is 12.2. The van der Waals surface area contributed by atoms with Gasteiger partial charge >= 0.3 is 12.1 Å². The molecule has 0 aromatic carbocycles. The summed E-state index contributed by atoms with van der Waals surface area (Å²) in [5.74, 6) is 1.90. The van der Waals surface area contributed by atoms with Gasteiger partial charge < -0.3 is 5.32 Å². The molecule has 2 aliphatic carbocycles. The van der Waals surface area contributed by atoms with Gasteiger partial charge in [-0.3, -0.25) is 5.32 Å². The molecule has 7 nitrogen and oxygen atoms in total. The fraction of sp³-hybridized carbons (Fsp3) is 0.882. The third-order valence-corrected chi connectivity index (χ3v) is 6.75. The summed E-state index contributed by atoms with van der Waals surface area (Å²) in [6.45, 7) is 4.05. The van der Waals surface area contributed by atoms with Crippen molar-refractivity contribution < 1.29 is 18.0 Å². The lowest BCUT2D eigenvalue weighted by Crippen LogP contribution is -2.52. The van der Waals surface area contributed by atoms with Gasteiger partial charge in [-0.15, -0.1) is 0 Å². The van der Waals surface area contributed by atoms with Gasteiger partial charge in [-0.05, 0) is 50.4 Å². The average molecular weight is 374 g/mol. The van der Waals surface area contributed by atoms with Crippen LogP contribution < -0.4 is 10.6 Å². The van der Waals surface area contributed by atoms with Crippen LogP contribution >= 0.6 is 0 Å². The number of hydrogen-bond acceptors (Lipinski definition) is 4. The summed E-state index contributed by atoms with van der Waals surface area (Å²) in [6.07, 6.45) is 8.20.